The highest BCUT2D eigenvalue weighted by molar-refractivity contribution is 6.20. The van der Waals surface area contributed by atoms with E-state index in [1.165, 1.54) is 69.6 Å². The second-order valence-electron chi connectivity index (χ2n) is 8.83. The molecule has 1 aliphatic rings. The molecule has 0 N–H and O–H groups in total. The fourth-order valence-electron chi connectivity index (χ4n) is 5.37. The van der Waals surface area contributed by atoms with Crippen molar-refractivity contribution in [1.82, 2.24) is 0 Å². The van der Waals surface area contributed by atoms with Crippen LogP contribution in [0.1, 0.15) is 42.7 Å². The zero-order valence-corrected chi connectivity index (χ0v) is 17.6. The summed E-state index contributed by atoms with van der Waals surface area (Å²) in [6.45, 7) is 2.20. The van der Waals surface area contributed by atoms with Gasteiger partial charge in [-0.15, -0.1) is 0 Å². The molecule has 0 unspecified atom stereocenters. The molecule has 1 aliphatic carbocycles. The fourth-order valence-corrected chi connectivity index (χ4v) is 5.37. The Balaban J connectivity index is 1.66. The minimum Gasteiger partial charge on any atom is -0.455 e. The number of aryl methyl sites for hydroxylation is 2. The molecule has 0 atom stereocenters. The maximum atomic E-state index is 6.53. The molecule has 2 aromatic heterocycles. The summed E-state index contributed by atoms with van der Waals surface area (Å²) in [5.41, 5.74) is 7.15. The van der Waals surface area contributed by atoms with Crippen molar-refractivity contribution >= 4 is 32.7 Å². The first-order valence-corrected chi connectivity index (χ1v) is 11.0. The maximum absolute atomic E-state index is 6.53. The van der Waals surface area contributed by atoms with E-state index < -0.39 is 0 Å². The molecular weight excluding hydrogens is 366 g/mol. The van der Waals surface area contributed by atoms with E-state index in [4.69, 9.17) is 4.42 Å². The van der Waals surface area contributed by atoms with Crippen molar-refractivity contribution in [2.75, 3.05) is 0 Å². The third-order valence-corrected chi connectivity index (χ3v) is 6.99. The largest absolute Gasteiger partial charge is 0.455 e. The summed E-state index contributed by atoms with van der Waals surface area (Å²) >= 11 is 0. The summed E-state index contributed by atoms with van der Waals surface area (Å²) in [6.07, 6.45) is 7.55. The van der Waals surface area contributed by atoms with Crippen LogP contribution in [-0.2, 0) is 7.05 Å². The van der Waals surface area contributed by atoms with E-state index in [-0.39, 0.29) is 0 Å². The standard InChI is InChI=1S/C28H26NO/c1-18-11-13-23-27-22-10-6-5-9-20(22)12-14-25(27)30-28(23)26(18)24-17-21(15-16-29(24)2)19-7-3-4-8-19/h5-6,9-17,19H,3-4,7-8H2,1-2H3/q+1. The summed E-state index contributed by atoms with van der Waals surface area (Å²) in [4.78, 5) is 0. The van der Waals surface area contributed by atoms with Gasteiger partial charge in [0.25, 0.3) is 0 Å². The van der Waals surface area contributed by atoms with Gasteiger partial charge in [0.15, 0.2) is 6.20 Å². The molecular formula is C28H26NO+. The molecule has 0 amide bonds. The van der Waals surface area contributed by atoms with Crippen molar-refractivity contribution < 1.29 is 8.98 Å². The molecule has 2 nitrogen and oxygen atoms in total. The molecule has 5 aromatic rings. The maximum Gasteiger partial charge on any atom is 0.216 e. The van der Waals surface area contributed by atoms with Gasteiger partial charge in [-0.2, -0.15) is 0 Å². The topological polar surface area (TPSA) is 17.0 Å². The summed E-state index contributed by atoms with van der Waals surface area (Å²) in [5.74, 6) is 0.698. The molecule has 1 fully saturated rings. The lowest BCUT2D eigenvalue weighted by atomic mass is 9.94. The molecule has 148 valence electrons. The number of nitrogens with zero attached hydrogens (tertiary/aromatic N) is 1. The quantitative estimate of drug-likeness (QED) is 0.290. The first kappa shape index (κ1) is 17.7. The van der Waals surface area contributed by atoms with Gasteiger partial charge in [-0.3, -0.25) is 0 Å². The highest BCUT2D eigenvalue weighted by Crippen LogP contribution is 2.41. The van der Waals surface area contributed by atoms with Crippen LogP contribution in [0.2, 0.25) is 0 Å². The predicted molar refractivity (Wildman–Crippen MR) is 124 cm³/mol. The molecule has 1 saturated carbocycles. The highest BCUT2D eigenvalue weighted by Gasteiger charge is 2.24. The first-order valence-electron chi connectivity index (χ1n) is 11.0. The first-order chi connectivity index (χ1) is 14.7. The molecule has 6 rings (SSSR count). The lowest BCUT2D eigenvalue weighted by Crippen LogP contribution is -2.31. The molecule has 0 aliphatic heterocycles. The normalized spacial score (nSPS) is 15.0. The van der Waals surface area contributed by atoms with E-state index in [2.05, 4.69) is 85.4 Å². The summed E-state index contributed by atoms with van der Waals surface area (Å²) in [7, 11) is 2.14. The van der Waals surface area contributed by atoms with Gasteiger partial charge >= 0.3 is 0 Å². The smallest absolute Gasteiger partial charge is 0.216 e. The lowest BCUT2D eigenvalue weighted by Gasteiger charge is -2.11. The average molecular weight is 393 g/mol. The number of aromatic nitrogens is 1. The number of fused-ring (bicyclic) bond motifs is 5. The van der Waals surface area contributed by atoms with E-state index in [0.717, 1.165) is 11.2 Å². The number of furan rings is 1. The van der Waals surface area contributed by atoms with E-state index in [0.29, 0.717) is 5.92 Å². The van der Waals surface area contributed by atoms with Gasteiger partial charge < -0.3 is 4.42 Å². The number of hydrogen-bond donors (Lipinski definition) is 0. The number of pyridine rings is 1. The van der Waals surface area contributed by atoms with Crippen LogP contribution in [-0.4, -0.2) is 0 Å². The van der Waals surface area contributed by atoms with Gasteiger partial charge in [0.1, 0.15) is 18.2 Å². The zero-order chi connectivity index (χ0) is 20.2. The van der Waals surface area contributed by atoms with Crippen molar-refractivity contribution in [1.29, 1.82) is 0 Å². The molecule has 2 heterocycles. The van der Waals surface area contributed by atoms with Crippen molar-refractivity contribution in [3.8, 4) is 11.3 Å². The lowest BCUT2D eigenvalue weighted by molar-refractivity contribution is -0.660. The van der Waals surface area contributed by atoms with Gasteiger partial charge in [0.05, 0.1) is 5.56 Å². The highest BCUT2D eigenvalue weighted by atomic mass is 16.3. The predicted octanol–water partition coefficient (Wildman–Crippen LogP) is 7.20. The Kier molecular flexibility index (Phi) is 3.95. The van der Waals surface area contributed by atoms with Gasteiger partial charge in [-0.25, -0.2) is 4.57 Å². The summed E-state index contributed by atoms with van der Waals surface area (Å²) in [5, 5.41) is 4.93. The molecule has 2 heteroatoms. The van der Waals surface area contributed by atoms with Crippen LogP contribution >= 0.6 is 0 Å². The van der Waals surface area contributed by atoms with Gasteiger partial charge in [0, 0.05) is 22.9 Å². The zero-order valence-electron chi connectivity index (χ0n) is 17.6. The minimum atomic E-state index is 0.698. The third-order valence-electron chi connectivity index (χ3n) is 6.99. The van der Waals surface area contributed by atoms with E-state index in [9.17, 15) is 0 Å². The van der Waals surface area contributed by atoms with Crippen molar-refractivity contribution in [2.45, 2.75) is 38.5 Å². The van der Waals surface area contributed by atoms with E-state index >= 15 is 0 Å². The van der Waals surface area contributed by atoms with E-state index in [1.54, 1.807) is 0 Å². The Labute approximate surface area is 176 Å². The fraction of sp³-hybridized carbons (Fsp3) is 0.250. The van der Waals surface area contributed by atoms with E-state index in [1.807, 2.05) is 0 Å². The molecule has 0 spiro atoms. The molecule has 30 heavy (non-hydrogen) atoms. The molecule has 0 bridgehead atoms. The van der Waals surface area contributed by atoms with Gasteiger partial charge in [-0.1, -0.05) is 55.3 Å². The van der Waals surface area contributed by atoms with Crippen LogP contribution in [0, 0.1) is 6.92 Å². The number of benzene rings is 3. The van der Waals surface area contributed by atoms with Crippen LogP contribution in [0.15, 0.2) is 71.3 Å². The Hall–Kier alpha value is -3.13. The SMILES string of the molecule is Cc1ccc2c(oc3ccc4ccccc4c32)c1-c1cc(C2CCCC2)cc[n+]1C. The van der Waals surface area contributed by atoms with Crippen molar-refractivity contribution in [3.63, 3.8) is 0 Å². The van der Waals surface area contributed by atoms with Crippen LogP contribution in [0.25, 0.3) is 44.0 Å². The number of rotatable bonds is 2. The van der Waals surface area contributed by atoms with Crippen LogP contribution in [0.3, 0.4) is 0 Å². The number of hydrogen-bond acceptors (Lipinski definition) is 1. The van der Waals surface area contributed by atoms with Gasteiger partial charge in [-0.05, 0) is 53.6 Å². The molecule has 3 aromatic carbocycles. The van der Waals surface area contributed by atoms with Crippen LogP contribution in [0.4, 0.5) is 0 Å². The minimum absolute atomic E-state index is 0.698. The van der Waals surface area contributed by atoms with Crippen LogP contribution < -0.4 is 4.57 Å². The van der Waals surface area contributed by atoms with Gasteiger partial charge in [0.2, 0.25) is 5.69 Å². The van der Waals surface area contributed by atoms with Crippen molar-refractivity contribution in [2.24, 2.45) is 7.05 Å². The second-order valence-corrected chi connectivity index (χ2v) is 8.83. The Morgan fingerprint density at radius 2 is 1.73 bits per heavy atom. The second kappa shape index (κ2) is 6.70. The Morgan fingerprint density at radius 1 is 0.900 bits per heavy atom. The Bertz CT molecular complexity index is 1420. The van der Waals surface area contributed by atoms with Crippen LogP contribution in [0.5, 0.6) is 0 Å². The summed E-state index contributed by atoms with van der Waals surface area (Å²) in [6, 6.07) is 22.1. The average Bonchev–Trinajstić information content (AvgIpc) is 3.42. The monoisotopic (exact) mass is 392 g/mol. The van der Waals surface area contributed by atoms with Crippen molar-refractivity contribution in [3.05, 3.63) is 78.0 Å². The molecule has 0 radical (unpaired) electrons. The summed E-state index contributed by atoms with van der Waals surface area (Å²) < 4.78 is 8.78. The molecule has 0 saturated heterocycles. The third kappa shape index (κ3) is 2.60. The Morgan fingerprint density at radius 3 is 2.60 bits per heavy atom.